The van der Waals surface area contributed by atoms with E-state index >= 15 is 0 Å². The fourth-order valence-electron chi connectivity index (χ4n) is 2.32. The van der Waals surface area contributed by atoms with Crippen molar-refractivity contribution in [2.45, 2.75) is 30.7 Å². The molecule has 0 bridgehead atoms. The number of hydrogen-bond acceptors (Lipinski definition) is 5. The fraction of sp³-hybridized carbons (Fsp3) is 0.316. The first-order valence-electron chi connectivity index (χ1n) is 8.33. The molecule has 2 aromatic carbocycles. The minimum Gasteiger partial charge on any atom is -0.497 e. The van der Waals surface area contributed by atoms with E-state index in [1.165, 1.54) is 19.2 Å². The predicted molar refractivity (Wildman–Crippen MR) is 103 cm³/mol. The Labute approximate surface area is 159 Å². The smallest absolute Gasteiger partial charge is 0.262 e. The van der Waals surface area contributed by atoms with Crippen molar-refractivity contribution in [2.24, 2.45) is 0 Å². The van der Waals surface area contributed by atoms with Gasteiger partial charge in [0.1, 0.15) is 5.75 Å². The zero-order valence-corrected chi connectivity index (χ0v) is 16.3. The van der Waals surface area contributed by atoms with Gasteiger partial charge in [0.15, 0.2) is 0 Å². The molecule has 0 saturated heterocycles. The summed E-state index contributed by atoms with van der Waals surface area (Å²) in [6, 6.07) is 12.7. The van der Waals surface area contributed by atoms with Crippen LogP contribution in [0.4, 0.5) is 5.69 Å². The summed E-state index contributed by atoms with van der Waals surface area (Å²) in [4.78, 5) is 12.1. The van der Waals surface area contributed by atoms with E-state index in [1.54, 1.807) is 50.2 Å². The van der Waals surface area contributed by atoms with Crippen LogP contribution in [0.2, 0.25) is 0 Å². The van der Waals surface area contributed by atoms with E-state index in [2.05, 4.69) is 10.0 Å². The summed E-state index contributed by atoms with van der Waals surface area (Å²) in [5, 5.41) is 11.9. The normalized spacial score (nSPS) is 11.7. The number of nitrogens with one attached hydrogen (secondary N) is 2. The average Bonchev–Trinajstić information content (AvgIpc) is 2.62. The second kappa shape index (κ2) is 8.41. The number of benzene rings is 2. The molecule has 0 saturated carbocycles. The molecule has 0 radical (unpaired) electrons. The number of carbonyl (C=O) groups is 1. The molecule has 7 nitrogen and oxygen atoms in total. The van der Waals surface area contributed by atoms with E-state index < -0.39 is 15.6 Å². The SMILES string of the molecule is COc1cccc(S(=O)(=O)Nc2ccc(CC(=O)NC(C)(C)CO)cc2)c1. The molecule has 2 aromatic rings. The Bertz CT molecular complexity index is 893. The van der Waals surface area contributed by atoms with Crippen LogP contribution in [0.5, 0.6) is 5.75 Å². The molecule has 0 spiro atoms. The Kier molecular flexibility index (Phi) is 6.45. The number of aliphatic hydroxyl groups excluding tert-OH is 1. The van der Waals surface area contributed by atoms with Gasteiger partial charge in [0.05, 0.1) is 30.6 Å². The summed E-state index contributed by atoms with van der Waals surface area (Å²) in [5.74, 6) is 0.226. The third kappa shape index (κ3) is 5.97. The molecule has 0 aromatic heterocycles. The molecule has 0 aliphatic carbocycles. The van der Waals surface area contributed by atoms with Gasteiger partial charge >= 0.3 is 0 Å². The first-order valence-corrected chi connectivity index (χ1v) is 9.81. The van der Waals surface area contributed by atoms with E-state index in [0.29, 0.717) is 11.4 Å². The number of sulfonamides is 1. The number of carbonyl (C=O) groups excluding carboxylic acids is 1. The highest BCUT2D eigenvalue weighted by molar-refractivity contribution is 7.92. The number of ether oxygens (including phenoxy) is 1. The first-order chi connectivity index (χ1) is 12.6. The van der Waals surface area contributed by atoms with Crippen LogP contribution in [0.3, 0.4) is 0 Å². The Morgan fingerprint density at radius 1 is 1.15 bits per heavy atom. The Morgan fingerprint density at radius 3 is 2.41 bits per heavy atom. The molecule has 0 fully saturated rings. The van der Waals surface area contributed by atoms with Gasteiger partial charge in [0.2, 0.25) is 5.91 Å². The fourth-order valence-corrected chi connectivity index (χ4v) is 3.41. The Morgan fingerprint density at radius 2 is 1.81 bits per heavy atom. The molecular formula is C19H24N2O5S. The van der Waals surface area contributed by atoms with Crippen molar-refractivity contribution in [1.82, 2.24) is 5.32 Å². The van der Waals surface area contributed by atoms with Crippen LogP contribution >= 0.6 is 0 Å². The number of methoxy groups -OCH3 is 1. The van der Waals surface area contributed by atoms with Gasteiger partial charge in [0.25, 0.3) is 10.0 Å². The molecule has 0 atom stereocenters. The molecule has 0 aliphatic rings. The molecule has 0 heterocycles. The topological polar surface area (TPSA) is 105 Å². The summed E-state index contributed by atoms with van der Waals surface area (Å²) in [7, 11) is -2.28. The lowest BCUT2D eigenvalue weighted by molar-refractivity contribution is -0.122. The molecular weight excluding hydrogens is 368 g/mol. The molecule has 27 heavy (non-hydrogen) atoms. The lowest BCUT2D eigenvalue weighted by atomic mass is 10.1. The van der Waals surface area contributed by atoms with E-state index in [9.17, 15) is 18.3 Å². The summed E-state index contributed by atoms with van der Waals surface area (Å²) in [6.07, 6.45) is 0.131. The van der Waals surface area contributed by atoms with Crippen LogP contribution in [0.25, 0.3) is 0 Å². The second-order valence-corrected chi connectivity index (χ2v) is 8.43. The van der Waals surface area contributed by atoms with Crippen molar-refractivity contribution in [3.63, 3.8) is 0 Å². The number of aliphatic hydroxyl groups is 1. The van der Waals surface area contributed by atoms with E-state index in [4.69, 9.17) is 4.74 Å². The number of amides is 1. The van der Waals surface area contributed by atoms with Crippen LogP contribution in [-0.4, -0.2) is 38.7 Å². The van der Waals surface area contributed by atoms with E-state index in [1.807, 2.05) is 0 Å². The molecule has 1 amide bonds. The van der Waals surface area contributed by atoms with Crippen molar-refractivity contribution in [3.8, 4) is 5.75 Å². The maximum atomic E-state index is 12.5. The summed E-state index contributed by atoms with van der Waals surface area (Å²) in [6.45, 7) is 3.28. The summed E-state index contributed by atoms with van der Waals surface area (Å²) >= 11 is 0. The van der Waals surface area contributed by atoms with Gasteiger partial charge < -0.3 is 15.2 Å². The standard InChI is InChI=1S/C19H24N2O5S/c1-19(2,13-22)20-18(23)11-14-7-9-15(10-8-14)21-27(24,25)17-6-4-5-16(12-17)26-3/h4-10,12,21-22H,11,13H2,1-3H3,(H,20,23). The highest BCUT2D eigenvalue weighted by Crippen LogP contribution is 2.20. The van der Waals surface area contributed by atoms with Crippen molar-refractivity contribution in [2.75, 3.05) is 18.4 Å². The lowest BCUT2D eigenvalue weighted by Gasteiger charge is -2.23. The molecule has 0 aliphatic heterocycles. The third-order valence-electron chi connectivity index (χ3n) is 3.80. The maximum Gasteiger partial charge on any atom is 0.262 e. The number of hydrogen-bond donors (Lipinski definition) is 3. The van der Waals surface area contributed by atoms with Crippen LogP contribution in [0.1, 0.15) is 19.4 Å². The predicted octanol–water partition coefficient (Wildman–Crippen LogP) is 1.93. The molecule has 2 rings (SSSR count). The van der Waals surface area contributed by atoms with Crippen molar-refractivity contribution in [3.05, 3.63) is 54.1 Å². The minimum atomic E-state index is -3.75. The maximum absolute atomic E-state index is 12.5. The van der Waals surface area contributed by atoms with E-state index in [-0.39, 0.29) is 23.8 Å². The van der Waals surface area contributed by atoms with Crippen LogP contribution in [0, 0.1) is 0 Å². The highest BCUT2D eigenvalue weighted by Gasteiger charge is 2.19. The van der Waals surface area contributed by atoms with Crippen molar-refractivity contribution >= 4 is 21.6 Å². The molecule has 146 valence electrons. The van der Waals surface area contributed by atoms with Crippen LogP contribution < -0.4 is 14.8 Å². The summed E-state index contributed by atoms with van der Waals surface area (Å²) < 4.78 is 32.5. The zero-order chi connectivity index (χ0) is 20.1. The van der Waals surface area contributed by atoms with Gasteiger partial charge in [-0.05, 0) is 43.7 Å². The second-order valence-electron chi connectivity index (χ2n) is 6.75. The largest absolute Gasteiger partial charge is 0.497 e. The molecule has 0 unspecified atom stereocenters. The minimum absolute atomic E-state index is 0.0940. The van der Waals surface area contributed by atoms with Gasteiger partial charge in [-0.2, -0.15) is 0 Å². The van der Waals surface area contributed by atoms with Crippen LogP contribution in [0.15, 0.2) is 53.4 Å². The van der Waals surface area contributed by atoms with Gasteiger partial charge in [-0.3, -0.25) is 9.52 Å². The number of anilines is 1. The molecule has 8 heteroatoms. The van der Waals surface area contributed by atoms with Gasteiger partial charge in [-0.15, -0.1) is 0 Å². The van der Waals surface area contributed by atoms with Gasteiger partial charge in [0, 0.05) is 11.8 Å². The monoisotopic (exact) mass is 392 g/mol. The Hall–Kier alpha value is -2.58. The highest BCUT2D eigenvalue weighted by atomic mass is 32.2. The van der Waals surface area contributed by atoms with Crippen molar-refractivity contribution in [1.29, 1.82) is 0 Å². The zero-order valence-electron chi connectivity index (χ0n) is 15.5. The van der Waals surface area contributed by atoms with Gasteiger partial charge in [-0.1, -0.05) is 18.2 Å². The Balaban J connectivity index is 2.05. The van der Waals surface area contributed by atoms with Crippen LogP contribution in [-0.2, 0) is 21.2 Å². The number of rotatable bonds is 8. The average molecular weight is 392 g/mol. The van der Waals surface area contributed by atoms with Gasteiger partial charge in [-0.25, -0.2) is 8.42 Å². The lowest BCUT2D eigenvalue weighted by Crippen LogP contribution is -2.46. The first kappa shape index (κ1) is 20.7. The van der Waals surface area contributed by atoms with Crippen molar-refractivity contribution < 1.29 is 23.1 Å². The summed E-state index contributed by atoms with van der Waals surface area (Å²) in [5.41, 5.74) is 0.423. The quantitative estimate of drug-likeness (QED) is 0.637. The molecule has 3 N–H and O–H groups in total. The van der Waals surface area contributed by atoms with E-state index in [0.717, 1.165) is 5.56 Å². The third-order valence-corrected chi connectivity index (χ3v) is 5.17.